The lowest BCUT2D eigenvalue weighted by atomic mass is 9.82. The number of amides is 1. The molecule has 0 radical (unpaired) electrons. The molecule has 0 bridgehead atoms. The van der Waals surface area contributed by atoms with Gasteiger partial charge in [-0.25, -0.2) is 0 Å². The quantitative estimate of drug-likeness (QED) is 0.767. The van der Waals surface area contributed by atoms with Crippen LogP contribution in [0.25, 0.3) is 0 Å². The molecular weight excluding hydrogens is 224 g/mol. The Morgan fingerprint density at radius 2 is 2.06 bits per heavy atom. The van der Waals surface area contributed by atoms with E-state index in [0.29, 0.717) is 17.2 Å². The van der Waals surface area contributed by atoms with Gasteiger partial charge in [-0.2, -0.15) is 0 Å². The summed E-state index contributed by atoms with van der Waals surface area (Å²) in [5.74, 6) is 1.02. The summed E-state index contributed by atoms with van der Waals surface area (Å²) in [6.07, 6.45) is 5.82. The van der Waals surface area contributed by atoms with Crippen LogP contribution in [0.4, 0.5) is 0 Å². The number of hydrogen-bond acceptors (Lipinski definition) is 2. The Hall–Kier alpha value is -0.570. The van der Waals surface area contributed by atoms with E-state index in [0.717, 1.165) is 19.4 Å². The molecule has 2 heterocycles. The van der Waals surface area contributed by atoms with E-state index in [9.17, 15) is 4.79 Å². The van der Waals surface area contributed by atoms with E-state index in [1.165, 1.54) is 38.9 Å². The zero-order valence-electron chi connectivity index (χ0n) is 12.2. The maximum Gasteiger partial charge on any atom is 0.222 e. The smallest absolute Gasteiger partial charge is 0.222 e. The van der Waals surface area contributed by atoms with Crippen molar-refractivity contribution >= 4 is 5.91 Å². The van der Waals surface area contributed by atoms with E-state index in [1.807, 2.05) is 11.9 Å². The van der Waals surface area contributed by atoms with Gasteiger partial charge in [0, 0.05) is 33.1 Å². The minimum atomic E-state index is 0.323. The highest BCUT2D eigenvalue weighted by Crippen LogP contribution is 2.37. The second-order valence-corrected chi connectivity index (χ2v) is 6.37. The van der Waals surface area contributed by atoms with Crippen molar-refractivity contribution in [3.05, 3.63) is 0 Å². The second kappa shape index (κ2) is 5.60. The summed E-state index contributed by atoms with van der Waals surface area (Å²) >= 11 is 0. The number of piperidine rings is 1. The van der Waals surface area contributed by atoms with Crippen LogP contribution < -0.4 is 0 Å². The Bertz CT molecular complexity index is 299. The first kappa shape index (κ1) is 13.9. The van der Waals surface area contributed by atoms with Gasteiger partial charge in [-0.1, -0.05) is 13.8 Å². The van der Waals surface area contributed by atoms with Gasteiger partial charge in [0.2, 0.25) is 5.91 Å². The van der Waals surface area contributed by atoms with Gasteiger partial charge in [0.05, 0.1) is 0 Å². The Kier molecular flexibility index (Phi) is 4.31. The zero-order valence-corrected chi connectivity index (χ0v) is 12.2. The SMILES string of the molecule is CCC1(CC)CCN(CC2CCC(=O)N(C)C2)C1. The Morgan fingerprint density at radius 1 is 1.33 bits per heavy atom. The van der Waals surface area contributed by atoms with E-state index in [-0.39, 0.29) is 0 Å². The van der Waals surface area contributed by atoms with Gasteiger partial charge < -0.3 is 9.80 Å². The third-order valence-corrected chi connectivity index (χ3v) is 5.26. The average molecular weight is 252 g/mol. The summed E-state index contributed by atoms with van der Waals surface area (Å²) in [5, 5.41) is 0. The first-order chi connectivity index (χ1) is 8.58. The van der Waals surface area contributed by atoms with Gasteiger partial charge in [0.1, 0.15) is 0 Å². The molecular formula is C15H28N2O. The maximum absolute atomic E-state index is 11.5. The van der Waals surface area contributed by atoms with Crippen molar-refractivity contribution in [2.45, 2.75) is 46.0 Å². The molecule has 1 unspecified atom stereocenters. The van der Waals surface area contributed by atoms with Crippen LogP contribution in [0.2, 0.25) is 0 Å². The van der Waals surface area contributed by atoms with Crippen LogP contribution in [-0.4, -0.2) is 48.9 Å². The van der Waals surface area contributed by atoms with Gasteiger partial charge in [0.25, 0.3) is 0 Å². The Labute approximate surface area is 112 Å². The van der Waals surface area contributed by atoms with Gasteiger partial charge in [-0.15, -0.1) is 0 Å². The first-order valence-corrected chi connectivity index (χ1v) is 7.55. The summed E-state index contributed by atoms with van der Waals surface area (Å²) in [5.41, 5.74) is 0.580. The first-order valence-electron chi connectivity index (χ1n) is 7.55. The highest BCUT2D eigenvalue weighted by Gasteiger charge is 2.36. The molecule has 0 aromatic heterocycles. The third kappa shape index (κ3) is 2.87. The molecule has 0 aromatic carbocycles. The third-order valence-electron chi connectivity index (χ3n) is 5.26. The highest BCUT2D eigenvalue weighted by atomic mass is 16.2. The number of rotatable bonds is 4. The molecule has 2 fully saturated rings. The lowest BCUT2D eigenvalue weighted by Crippen LogP contribution is -2.41. The lowest BCUT2D eigenvalue weighted by molar-refractivity contribution is -0.133. The second-order valence-electron chi connectivity index (χ2n) is 6.37. The molecule has 2 saturated heterocycles. The number of hydrogen-bond donors (Lipinski definition) is 0. The molecule has 0 spiro atoms. The molecule has 3 heteroatoms. The van der Waals surface area contributed by atoms with Crippen LogP contribution >= 0.6 is 0 Å². The van der Waals surface area contributed by atoms with Crippen LogP contribution in [-0.2, 0) is 4.79 Å². The molecule has 2 rings (SSSR count). The number of likely N-dealkylation sites (tertiary alicyclic amines) is 2. The minimum absolute atomic E-state index is 0.323. The van der Waals surface area contributed by atoms with Crippen LogP contribution in [0.5, 0.6) is 0 Å². The van der Waals surface area contributed by atoms with Crippen molar-refractivity contribution in [2.75, 3.05) is 33.2 Å². The molecule has 1 atom stereocenters. The van der Waals surface area contributed by atoms with Gasteiger partial charge in [-0.05, 0) is 43.6 Å². The number of carbonyl (C=O) groups excluding carboxylic acids is 1. The maximum atomic E-state index is 11.5. The van der Waals surface area contributed by atoms with Crippen molar-refractivity contribution in [3.63, 3.8) is 0 Å². The normalized spacial score (nSPS) is 28.9. The summed E-state index contributed by atoms with van der Waals surface area (Å²) in [6, 6.07) is 0. The van der Waals surface area contributed by atoms with Crippen LogP contribution in [0.1, 0.15) is 46.0 Å². The fourth-order valence-electron chi connectivity index (χ4n) is 3.62. The molecule has 0 N–H and O–H groups in total. The van der Waals surface area contributed by atoms with Crippen molar-refractivity contribution < 1.29 is 4.79 Å². The minimum Gasteiger partial charge on any atom is -0.345 e. The van der Waals surface area contributed by atoms with Gasteiger partial charge in [0.15, 0.2) is 0 Å². The van der Waals surface area contributed by atoms with Crippen LogP contribution in [0.15, 0.2) is 0 Å². The molecule has 0 saturated carbocycles. The van der Waals surface area contributed by atoms with E-state index in [4.69, 9.17) is 0 Å². The molecule has 2 aliphatic rings. The molecule has 0 aliphatic carbocycles. The Balaban J connectivity index is 1.83. The van der Waals surface area contributed by atoms with Crippen LogP contribution in [0.3, 0.4) is 0 Å². The summed E-state index contributed by atoms with van der Waals surface area (Å²) in [7, 11) is 1.95. The predicted molar refractivity (Wildman–Crippen MR) is 74.4 cm³/mol. The fourth-order valence-corrected chi connectivity index (χ4v) is 3.62. The van der Waals surface area contributed by atoms with Crippen LogP contribution in [0, 0.1) is 11.3 Å². The highest BCUT2D eigenvalue weighted by molar-refractivity contribution is 5.76. The largest absolute Gasteiger partial charge is 0.345 e. The monoisotopic (exact) mass is 252 g/mol. The van der Waals surface area contributed by atoms with E-state index in [1.54, 1.807) is 0 Å². The zero-order chi connectivity index (χ0) is 13.2. The number of nitrogens with zero attached hydrogens (tertiary/aromatic N) is 2. The standard InChI is InChI=1S/C15H28N2O/c1-4-15(5-2)8-9-17(12-15)11-13-6-7-14(18)16(3)10-13/h13H,4-12H2,1-3H3. The van der Waals surface area contributed by atoms with Crippen molar-refractivity contribution in [3.8, 4) is 0 Å². The lowest BCUT2D eigenvalue weighted by Gasteiger charge is -2.33. The molecule has 18 heavy (non-hydrogen) atoms. The predicted octanol–water partition coefficient (Wildman–Crippen LogP) is 2.37. The average Bonchev–Trinajstić information content (AvgIpc) is 2.78. The number of carbonyl (C=O) groups is 1. The molecule has 3 nitrogen and oxygen atoms in total. The summed E-state index contributed by atoms with van der Waals surface area (Å²) < 4.78 is 0. The molecule has 2 aliphatic heterocycles. The topological polar surface area (TPSA) is 23.6 Å². The summed E-state index contributed by atoms with van der Waals surface area (Å²) in [4.78, 5) is 16.0. The summed E-state index contributed by atoms with van der Waals surface area (Å²) in [6.45, 7) is 9.35. The van der Waals surface area contributed by atoms with Gasteiger partial charge in [-0.3, -0.25) is 4.79 Å². The van der Waals surface area contributed by atoms with E-state index < -0.39 is 0 Å². The molecule has 0 aromatic rings. The van der Waals surface area contributed by atoms with Crippen molar-refractivity contribution in [1.82, 2.24) is 9.80 Å². The van der Waals surface area contributed by atoms with E-state index in [2.05, 4.69) is 18.7 Å². The Morgan fingerprint density at radius 3 is 2.61 bits per heavy atom. The fraction of sp³-hybridized carbons (Fsp3) is 0.933. The van der Waals surface area contributed by atoms with Gasteiger partial charge >= 0.3 is 0 Å². The van der Waals surface area contributed by atoms with Crippen molar-refractivity contribution in [2.24, 2.45) is 11.3 Å². The van der Waals surface area contributed by atoms with Crippen molar-refractivity contribution in [1.29, 1.82) is 0 Å². The molecule has 1 amide bonds. The van der Waals surface area contributed by atoms with E-state index >= 15 is 0 Å². The molecule has 104 valence electrons.